The molecule has 0 fully saturated rings. The second-order valence-corrected chi connectivity index (χ2v) is 6.95. The Hall–Kier alpha value is -4.14. The molecule has 2 heterocycles. The van der Waals surface area contributed by atoms with Crippen molar-refractivity contribution in [3.63, 3.8) is 0 Å². The van der Waals surface area contributed by atoms with E-state index in [1.54, 1.807) is 29.1 Å². The van der Waals surface area contributed by atoms with E-state index in [0.717, 1.165) is 16.8 Å². The Morgan fingerprint density at radius 2 is 1.81 bits per heavy atom. The lowest BCUT2D eigenvalue weighted by atomic mass is 10.1. The van der Waals surface area contributed by atoms with Crippen LogP contribution in [0, 0.1) is 13.8 Å². The maximum Gasteiger partial charge on any atom is 0.269 e. The summed E-state index contributed by atoms with van der Waals surface area (Å²) < 4.78 is 12.2. The lowest BCUT2D eigenvalue weighted by Crippen LogP contribution is -2.30. The summed E-state index contributed by atoms with van der Waals surface area (Å²) in [5.74, 6) is 1.10. The van der Waals surface area contributed by atoms with Gasteiger partial charge >= 0.3 is 0 Å². The van der Waals surface area contributed by atoms with Crippen LogP contribution in [0.25, 0.3) is 16.7 Å². The number of ether oxygens (including phenoxy) is 2. The number of hydrogen-bond donors (Lipinski definition) is 2. The lowest BCUT2D eigenvalue weighted by molar-refractivity contribution is 0.0962. The molecule has 9 nitrogen and oxygen atoms in total. The highest BCUT2D eigenvalue weighted by atomic mass is 16.5. The first-order valence-corrected chi connectivity index (χ1v) is 9.56. The number of fused-ring (bicyclic) bond motifs is 1. The molecular formula is C22H22N6O3. The predicted octanol–water partition coefficient (Wildman–Crippen LogP) is 3.21. The lowest BCUT2D eigenvalue weighted by Gasteiger charge is -2.11. The molecule has 0 aliphatic carbocycles. The Kier molecular flexibility index (Phi) is 5.40. The molecule has 0 bridgehead atoms. The van der Waals surface area contributed by atoms with Crippen molar-refractivity contribution in [3.05, 3.63) is 65.6 Å². The quantitative estimate of drug-likeness (QED) is 0.464. The van der Waals surface area contributed by atoms with Gasteiger partial charge in [0.1, 0.15) is 6.33 Å². The summed E-state index contributed by atoms with van der Waals surface area (Å²) >= 11 is 0. The molecule has 4 rings (SSSR count). The molecule has 2 aromatic heterocycles. The largest absolute Gasteiger partial charge is 0.493 e. The maximum absolute atomic E-state index is 12.6. The molecule has 0 radical (unpaired) electrons. The first-order chi connectivity index (χ1) is 15.0. The highest BCUT2D eigenvalue weighted by Crippen LogP contribution is 2.28. The van der Waals surface area contributed by atoms with E-state index in [-0.39, 0.29) is 5.91 Å². The third kappa shape index (κ3) is 3.85. The van der Waals surface area contributed by atoms with Crippen molar-refractivity contribution < 1.29 is 14.3 Å². The molecule has 0 aliphatic rings. The Morgan fingerprint density at radius 1 is 1.00 bits per heavy atom. The smallest absolute Gasteiger partial charge is 0.269 e. The van der Waals surface area contributed by atoms with Crippen molar-refractivity contribution in [2.45, 2.75) is 13.8 Å². The zero-order valence-electron chi connectivity index (χ0n) is 17.6. The molecule has 4 aromatic rings. The van der Waals surface area contributed by atoms with E-state index in [4.69, 9.17) is 9.47 Å². The number of anilines is 1. The van der Waals surface area contributed by atoms with Gasteiger partial charge in [-0.25, -0.2) is 14.6 Å². The number of aryl methyl sites for hydroxylation is 2. The molecule has 9 heteroatoms. The maximum atomic E-state index is 12.6. The number of aromatic nitrogens is 4. The number of hydrogen-bond acceptors (Lipinski definition) is 7. The second-order valence-electron chi connectivity index (χ2n) is 6.95. The van der Waals surface area contributed by atoms with Crippen molar-refractivity contribution in [2.75, 3.05) is 19.6 Å². The molecule has 0 atom stereocenters. The molecule has 0 spiro atoms. The van der Waals surface area contributed by atoms with Crippen LogP contribution in [0.1, 0.15) is 21.5 Å². The van der Waals surface area contributed by atoms with Crippen molar-refractivity contribution in [2.24, 2.45) is 0 Å². The topological polar surface area (TPSA) is 103 Å². The summed E-state index contributed by atoms with van der Waals surface area (Å²) in [5.41, 5.74) is 9.69. The molecular weight excluding hydrogens is 396 g/mol. The Balaban J connectivity index is 1.59. The fourth-order valence-electron chi connectivity index (χ4n) is 3.23. The van der Waals surface area contributed by atoms with Gasteiger partial charge in [0.05, 0.1) is 31.5 Å². The second kappa shape index (κ2) is 8.31. The number of benzene rings is 2. The van der Waals surface area contributed by atoms with Crippen LogP contribution < -0.4 is 20.3 Å². The van der Waals surface area contributed by atoms with E-state index in [9.17, 15) is 4.79 Å². The van der Waals surface area contributed by atoms with Crippen LogP contribution in [0.4, 0.5) is 5.82 Å². The van der Waals surface area contributed by atoms with Gasteiger partial charge in [-0.05, 0) is 49.2 Å². The van der Waals surface area contributed by atoms with Gasteiger partial charge in [-0.2, -0.15) is 5.10 Å². The van der Waals surface area contributed by atoms with Gasteiger partial charge in [-0.3, -0.25) is 15.6 Å². The van der Waals surface area contributed by atoms with Gasteiger partial charge in [-0.15, -0.1) is 0 Å². The van der Waals surface area contributed by atoms with Crippen LogP contribution in [0.2, 0.25) is 0 Å². The van der Waals surface area contributed by atoms with E-state index >= 15 is 0 Å². The van der Waals surface area contributed by atoms with Crippen LogP contribution in [0.15, 0.2) is 48.9 Å². The standard InChI is InChI=1S/C22H22N6O3/c1-13-5-6-14(2)17(9-13)28-21-16(11-25-28)20(23-12-24-21)26-27-22(29)15-7-8-18(30-3)19(10-15)31-4/h5-12H,1-4H3,(H,27,29)(H,23,24,26). The summed E-state index contributed by atoms with van der Waals surface area (Å²) in [4.78, 5) is 21.2. The minimum Gasteiger partial charge on any atom is -0.493 e. The molecule has 1 amide bonds. The zero-order valence-corrected chi connectivity index (χ0v) is 17.6. The third-order valence-electron chi connectivity index (χ3n) is 4.90. The predicted molar refractivity (Wildman–Crippen MR) is 117 cm³/mol. The average Bonchev–Trinajstić information content (AvgIpc) is 3.23. The van der Waals surface area contributed by atoms with Gasteiger partial charge < -0.3 is 9.47 Å². The van der Waals surface area contributed by atoms with Crippen LogP contribution in [0.3, 0.4) is 0 Å². The summed E-state index contributed by atoms with van der Waals surface area (Å²) in [6.45, 7) is 4.05. The van der Waals surface area contributed by atoms with Crippen LogP contribution in [0.5, 0.6) is 11.5 Å². The number of hydrazine groups is 1. The average molecular weight is 418 g/mol. The fraction of sp³-hybridized carbons (Fsp3) is 0.182. The van der Waals surface area contributed by atoms with Gasteiger partial charge in [0, 0.05) is 5.56 Å². The van der Waals surface area contributed by atoms with Crippen molar-refractivity contribution in [3.8, 4) is 17.2 Å². The highest BCUT2D eigenvalue weighted by Gasteiger charge is 2.15. The summed E-state index contributed by atoms with van der Waals surface area (Å²) in [6.07, 6.45) is 3.10. The van der Waals surface area contributed by atoms with E-state index < -0.39 is 0 Å². The highest BCUT2D eigenvalue weighted by molar-refractivity contribution is 5.96. The number of nitrogens with zero attached hydrogens (tertiary/aromatic N) is 4. The number of carbonyl (C=O) groups excluding carboxylic acids is 1. The molecule has 0 saturated carbocycles. The Labute approximate surface area is 179 Å². The molecule has 0 unspecified atom stereocenters. The number of methoxy groups -OCH3 is 2. The third-order valence-corrected chi connectivity index (χ3v) is 4.90. The normalized spacial score (nSPS) is 10.7. The molecule has 2 N–H and O–H groups in total. The first kappa shape index (κ1) is 20.1. The molecule has 158 valence electrons. The van der Waals surface area contributed by atoms with Crippen LogP contribution in [-0.2, 0) is 0 Å². The van der Waals surface area contributed by atoms with Crippen molar-refractivity contribution in [1.82, 2.24) is 25.2 Å². The van der Waals surface area contributed by atoms with E-state index in [1.807, 2.05) is 19.9 Å². The fourth-order valence-corrected chi connectivity index (χ4v) is 3.23. The Morgan fingerprint density at radius 3 is 2.58 bits per heavy atom. The van der Waals surface area contributed by atoms with E-state index in [1.165, 1.54) is 20.5 Å². The van der Waals surface area contributed by atoms with Gasteiger partial charge in [0.25, 0.3) is 5.91 Å². The zero-order chi connectivity index (χ0) is 22.0. The molecule has 2 aromatic carbocycles. The number of rotatable bonds is 6. The molecule has 0 aliphatic heterocycles. The summed E-state index contributed by atoms with van der Waals surface area (Å²) in [5, 5.41) is 5.16. The van der Waals surface area contributed by atoms with E-state index in [0.29, 0.717) is 33.9 Å². The SMILES string of the molecule is COc1ccc(C(=O)NNc2ncnc3c2cnn3-c2cc(C)ccc2C)cc1OC. The summed E-state index contributed by atoms with van der Waals surface area (Å²) in [7, 11) is 3.06. The molecule has 0 saturated heterocycles. The molecule has 31 heavy (non-hydrogen) atoms. The number of nitrogens with one attached hydrogen (secondary N) is 2. The van der Waals surface area contributed by atoms with E-state index in [2.05, 4.69) is 38.1 Å². The van der Waals surface area contributed by atoms with Crippen LogP contribution >= 0.6 is 0 Å². The van der Waals surface area contributed by atoms with Gasteiger partial charge in [0.15, 0.2) is 23.0 Å². The monoisotopic (exact) mass is 418 g/mol. The van der Waals surface area contributed by atoms with Crippen LogP contribution in [-0.4, -0.2) is 39.9 Å². The number of amides is 1. The van der Waals surface area contributed by atoms with Crippen molar-refractivity contribution in [1.29, 1.82) is 0 Å². The minimum absolute atomic E-state index is 0.352. The first-order valence-electron chi connectivity index (χ1n) is 9.56. The van der Waals surface area contributed by atoms with Gasteiger partial charge in [-0.1, -0.05) is 12.1 Å². The van der Waals surface area contributed by atoms with Crippen molar-refractivity contribution >= 4 is 22.8 Å². The minimum atomic E-state index is -0.352. The summed E-state index contributed by atoms with van der Waals surface area (Å²) in [6, 6.07) is 11.1. The number of carbonyl (C=O) groups is 1. The van der Waals surface area contributed by atoms with Gasteiger partial charge in [0.2, 0.25) is 0 Å². The Bertz CT molecular complexity index is 1270.